The van der Waals surface area contributed by atoms with Gasteiger partial charge in [-0.2, -0.15) is 0 Å². The normalized spacial score (nSPS) is 11.7. The molecule has 0 aliphatic carbocycles. The highest BCUT2D eigenvalue weighted by molar-refractivity contribution is 5.95. The summed E-state index contributed by atoms with van der Waals surface area (Å²) in [5.74, 6) is -0.897. The molecule has 2 N–H and O–H groups in total. The Labute approximate surface area is 130 Å². The molecule has 0 spiro atoms. The second kappa shape index (κ2) is 8.17. The Morgan fingerprint density at radius 3 is 2.23 bits per heavy atom. The van der Waals surface area contributed by atoms with Crippen LogP contribution in [0.1, 0.15) is 20.8 Å². The molecule has 1 aromatic carbocycles. The van der Waals surface area contributed by atoms with Gasteiger partial charge in [0.15, 0.2) is 0 Å². The zero-order chi connectivity index (χ0) is 16.7. The summed E-state index contributed by atoms with van der Waals surface area (Å²) < 4.78 is 0. The molecule has 0 aliphatic heterocycles. The molecular formula is C16H23N3O3. The van der Waals surface area contributed by atoms with Crippen LogP contribution >= 0.6 is 0 Å². The van der Waals surface area contributed by atoms with E-state index in [0.29, 0.717) is 5.69 Å². The lowest BCUT2D eigenvalue weighted by Gasteiger charge is -2.26. The minimum Gasteiger partial charge on any atom is -0.344 e. The van der Waals surface area contributed by atoms with Crippen molar-refractivity contribution in [1.82, 2.24) is 10.2 Å². The smallest absolute Gasteiger partial charge is 0.245 e. The monoisotopic (exact) mass is 305 g/mol. The first-order valence-electron chi connectivity index (χ1n) is 7.18. The van der Waals surface area contributed by atoms with E-state index in [4.69, 9.17) is 0 Å². The number of likely N-dealkylation sites (N-methyl/N-ethyl adjacent to an activating group) is 1. The molecule has 6 heteroatoms. The third-order valence-corrected chi connectivity index (χ3v) is 3.11. The van der Waals surface area contributed by atoms with Gasteiger partial charge in [-0.05, 0) is 18.1 Å². The molecule has 0 heterocycles. The highest BCUT2D eigenvalue weighted by Gasteiger charge is 2.26. The maximum Gasteiger partial charge on any atom is 0.245 e. The molecule has 0 saturated carbocycles. The SMILES string of the molecule is CC(=O)NC(C(=O)N(C)CC(=O)Nc1ccccc1)C(C)C. The van der Waals surface area contributed by atoms with Crippen LogP contribution in [0.2, 0.25) is 0 Å². The lowest BCUT2D eigenvalue weighted by atomic mass is 10.0. The fourth-order valence-corrected chi connectivity index (χ4v) is 1.99. The number of benzene rings is 1. The van der Waals surface area contributed by atoms with E-state index >= 15 is 0 Å². The molecule has 0 aliphatic rings. The first-order valence-corrected chi connectivity index (χ1v) is 7.18. The molecule has 3 amide bonds. The van der Waals surface area contributed by atoms with E-state index in [-0.39, 0.29) is 30.2 Å². The van der Waals surface area contributed by atoms with Gasteiger partial charge in [0.05, 0.1) is 6.54 Å². The van der Waals surface area contributed by atoms with Crippen LogP contribution < -0.4 is 10.6 Å². The van der Waals surface area contributed by atoms with E-state index in [9.17, 15) is 14.4 Å². The number of para-hydroxylation sites is 1. The summed E-state index contributed by atoms with van der Waals surface area (Å²) in [7, 11) is 1.55. The van der Waals surface area contributed by atoms with Crippen LogP contribution in [-0.4, -0.2) is 42.3 Å². The third-order valence-electron chi connectivity index (χ3n) is 3.11. The van der Waals surface area contributed by atoms with Gasteiger partial charge < -0.3 is 15.5 Å². The second-order valence-corrected chi connectivity index (χ2v) is 5.53. The maximum absolute atomic E-state index is 12.3. The van der Waals surface area contributed by atoms with Crippen LogP contribution in [0.25, 0.3) is 0 Å². The zero-order valence-corrected chi connectivity index (χ0v) is 13.4. The van der Waals surface area contributed by atoms with Gasteiger partial charge in [0.1, 0.15) is 6.04 Å². The molecule has 1 unspecified atom stereocenters. The lowest BCUT2D eigenvalue weighted by molar-refractivity contribution is -0.138. The lowest BCUT2D eigenvalue weighted by Crippen LogP contribution is -2.51. The summed E-state index contributed by atoms with van der Waals surface area (Å²) in [5.41, 5.74) is 0.676. The Kier molecular flexibility index (Phi) is 6.56. The summed E-state index contributed by atoms with van der Waals surface area (Å²) in [6.07, 6.45) is 0. The molecule has 1 atom stereocenters. The standard InChI is InChI=1S/C16H23N3O3/c1-11(2)15(17-12(3)20)16(22)19(4)10-14(21)18-13-8-6-5-7-9-13/h5-9,11,15H,10H2,1-4H3,(H,17,20)(H,18,21). The van der Waals surface area contributed by atoms with Crippen LogP contribution in [0.4, 0.5) is 5.69 Å². The van der Waals surface area contributed by atoms with E-state index in [2.05, 4.69) is 10.6 Å². The number of nitrogens with zero attached hydrogens (tertiary/aromatic N) is 1. The van der Waals surface area contributed by atoms with Crippen molar-refractivity contribution in [3.63, 3.8) is 0 Å². The Bertz CT molecular complexity index is 529. The number of carbonyl (C=O) groups excluding carboxylic acids is 3. The van der Waals surface area contributed by atoms with Crippen molar-refractivity contribution >= 4 is 23.4 Å². The van der Waals surface area contributed by atoms with Gasteiger partial charge in [-0.3, -0.25) is 14.4 Å². The van der Waals surface area contributed by atoms with Crippen molar-refractivity contribution in [1.29, 1.82) is 0 Å². The number of nitrogens with one attached hydrogen (secondary N) is 2. The minimum atomic E-state index is -0.632. The Morgan fingerprint density at radius 2 is 1.73 bits per heavy atom. The Hall–Kier alpha value is -2.37. The van der Waals surface area contributed by atoms with Crippen molar-refractivity contribution in [2.24, 2.45) is 5.92 Å². The molecule has 1 aromatic rings. The summed E-state index contributed by atoms with van der Waals surface area (Å²) >= 11 is 0. The predicted octanol–water partition coefficient (Wildman–Crippen LogP) is 1.24. The van der Waals surface area contributed by atoms with Gasteiger partial charge in [0, 0.05) is 19.7 Å². The summed E-state index contributed by atoms with van der Waals surface area (Å²) in [6.45, 7) is 4.98. The molecule has 6 nitrogen and oxygen atoms in total. The Morgan fingerprint density at radius 1 is 1.14 bits per heavy atom. The van der Waals surface area contributed by atoms with Crippen molar-refractivity contribution in [2.45, 2.75) is 26.8 Å². The molecule has 22 heavy (non-hydrogen) atoms. The van der Waals surface area contributed by atoms with Crippen LogP contribution in [-0.2, 0) is 14.4 Å². The molecule has 0 fully saturated rings. The van der Waals surface area contributed by atoms with Gasteiger partial charge >= 0.3 is 0 Å². The zero-order valence-electron chi connectivity index (χ0n) is 13.4. The number of anilines is 1. The van der Waals surface area contributed by atoms with E-state index in [1.807, 2.05) is 32.0 Å². The number of hydrogen-bond donors (Lipinski definition) is 2. The molecule has 0 saturated heterocycles. The van der Waals surface area contributed by atoms with Gasteiger partial charge in [-0.1, -0.05) is 32.0 Å². The first kappa shape index (κ1) is 17.7. The largest absolute Gasteiger partial charge is 0.344 e. The summed E-state index contributed by atoms with van der Waals surface area (Å²) in [4.78, 5) is 36.8. The number of rotatable bonds is 6. The van der Waals surface area contributed by atoms with Gasteiger partial charge in [0.25, 0.3) is 0 Å². The van der Waals surface area contributed by atoms with Crippen molar-refractivity contribution in [3.05, 3.63) is 30.3 Å². The number of carbonyl (C=O) groups is 3. The number of amides is 3. The second-order valence-electron chi connectivity index (χ2n) is 5.53. The maximum atomic E-state index is 12.3. The van der Waals surface area contributed by atoms with E-state index in [0.717, 1.165) is 0 Å². The van der Waals surface area contributed by atoms with Gasteiger partial charge in [0.2, 0.25) is 17.7 Å². The van der Waals surface area contributed by atoms with Crippen LogP contribution in [0.15, 0.2) is 30.3 Å². The fraction of sp³-hybridized carbons (Fsp3) is 0.438. The van der Waals surface area contributed by atoms with Crippen LogP contribution in [0, 0.1) is 5.92 Å². The molecule has 1 rings (SSSR count). The average molecular weight is 305 g/mol. The molecule has 0 radical (unpaired) electrons. The predicted molar refractivity (Wildman–Crippen MR) is 85.2 cm³/mol. The number of hydrogen-bond acceptors (Lipinski definition) is 3. The summed E-state index contributed by atoms with van der Waals surface area (Å²) in [5, 5.41) is 5.34. The molecule has 120 valence electrons. The quantitative estimate of drug-likeness (QED) is 0.830. The topological polar surface area (TPSA) is 78.5 Å². The Balaban J connectivity index is 2.62. The van der Waals surface area contributed by atoms with Crippen molar-refractivity contribution in [3.8, 4) is 0 Å². The van der Waals surface area contributed by atoms with Crippen LogP contribution in [0.3, 0.4) is 0 Å². The van der Waals surface area contributed by atoms with Crippen molar-refractivity contribution < 1.29 is 14.4 Å². The van der Waals surface area contributed by atoms with E-state index < -0.39 is 6.04 Å². The first-order chi connectivity index (χ1) is 10.3. The highest BCUT2D eigenvalue weighted by Crippen LogP contribution is 2.07. The fourth-order valence-electron chi connectivity index (χ4n) is 1.99. The van der Waals surface area contributed by atoms with E-state index in [1.165, 1.54) is 11.8 Å². The summed E-state index contributed by atoms with van der Waals surface area (Å²) in [6, 6.07) is 8.40. The van der Waals surface area contributed by atoms with Crippen molar-refractivity contribution in [2.75, 3.05) is 18.9 Å². The van der Waals surface area contributed by atoms with Crippen LogP contribution in [0.5, 0.6) is 0 Å². The highest BCUT2D eigenvalue weighted by atomic mass is 16.2. The van der Waals surface area contributed by atoms with E-state index in [1.54, 1.807) is 19.2 Å². The van der Waals surface area contributed by atoms with Gasteiger partial charge in [-0.15, -0.1) is 0 Å². The third kappa shape index (κ3) is 5.55. The molecule has 0 aromatic heterocycles. The average Bonchev–Trinajstić information content (AvgIpc) is 2.44. The van der Waals surface area contributed by atoms with Gasteiger partial charge in [-0.25, -0.2) is 0 Å². The molecule has 0 bridgehead atoms. The molecular weight excluding hydrogens is 282 g/mol. The minimum absolute atomic E-state index is 0.0592.